The predicted octanol–water partition coefficient (Wildman–Crippen LogP) is 3.67. The summed E-state index contributed by atoms with van der Waals surface area (Å²) in [5.41, 5.74) is 0. The van der Waals surface area contributed by atoms with Crippen molar-refractivity contribution in [1.29, 1.82) is 0 Å². The van der Waals surface area contributed by atoms with Crippen LogP contribution in [-0.2, 0) is 9.59 Å². The number of furan rings is 2. The van der Waals surface area contributed by atoms with Gasteiger partial charge in [-0.15, -0.1) is 0 Å². The fourth-order valence-electron chi connectivity index (χ4n) is 3.95. The standard InChI is InChI=1S/C24H33N3O5/c1-17(2)12-13-27(21(28)16-25-23(29)20-11-7-15-32-20)22(19-10-6-14-31-19)24(30)26-18-8-4-3-5-9-18/h6-7,10-11,14-15,17-18,22H,3-5,8-9,12-13,16H2,1-2H3,(H,25,29)(H,26,30)/t22-/m1/s1. The lowest BCUT2D eigenvalue weighted by Crippen LogP contribution is -2.49. The van der Waals surface area contributed by atoms with Crippen molar-refractivity contribution in [3.8, 4) is 0 Å². The Hall–Kier alpha value is -3.03. The molecular formula is C24H33N3O5. The summed E-state index contributed by atoms with van der Waals surface area (Å²) in [7, 11) is 0. The molecule has 1 aliphatic carbocycles. The van der Waals surface area contributed by atoms with Gasteiger partial charge in [-0.25, -0.2) is 0 Å². The van der Waals surface area contributed by atoms with Crippen LogP contribution in [-0.4, -0.2) is 41.8 Å². The first-order valence-electron chi connectivity index (χ1n) is 11.4. The lowest BCUT2D eigenvalue weighted by molar-refractivity contribution is -0.141. The van der Waals surface area contributed by atoms with Crippen molar-refractivity contribution in [2.45, 2.75) is 64.5 Å². The molecule has 0 aliphatic heterocycles. The van der Waals surface area contributed by atoms with Gasteiger partial charge in [-0.3, -0.25) is 14.4 Å². The average molecular weight is 444 g/mol. The average Bonchev–Trinajstić information content (AvgIpc) is 3.49. The third-order valence-electron chi connectivity index (χ3n) is 5.74. The van der Waals surface area contributed by atoms with Crippen molar-refractivity contribution in [3.63, 3.8) is 0 Å². The van der Waals surface area contributed by atoms with E-state index in [1.54, 1.807) is 18.2 Å². The minimum atomic E-state index is -0.890. The molecule has 0 spiro atoms. The van der Waals surface area contributed by atoms with Crippen LogP contribution in [0.2, 0.25) is 0 Å². The molecule has 174 valence electrons. The normalized spacial score (nSPS) is 15.3. The Morgan fingerprint density at radius 3 is 2.41 bits per heavy atom. The molecule has 8 heteroatoms. The van der Waals surface area contributed by atoms with Gasteiger partial charge < -0.3 is 24.4 Å². The van der Waals surface area contributed by atoms with Gasteiger partial charge in [0.25, 0.3) is 11.8 Å². The van der Waals surface area contributed by atoms with E-state index in [-0.39, 0.29) is 30.2 Å². The van der Waals surface area contributed by atoms with Crippen LogP contribution < -0.4 is 10.6 Å². The first-order valence-corrected chi connectivity index (χ1v) is 11.4. The summed E-state index contributed by atoms with van der Waals surface area (Å²) >= 11 is 0. The maximum Gasteiger partial charge on any atom is 0.287 e. The highest BCUT2D eigenvalue weighted by molar-refractivity contribution is 5.95. The predicted molar refractivity (Wildman–Crippen MR) is 119 cm³/mol. The molecule has 0 unspecified atom stereocenters. The highest BCUT2D eigenvalue weighted by atomic mass is 16.3. The smallest absolute Gasteiger partial charge is 0.287 e. The fourth-order valence-corrected chi connectivity index (χ4v) is 3.95. The van der Waals surface area contributed by atoms with E-state index < -0.39 is 11.9 Å². The molecule has 8 nitrogen and oxygen atoms in total. The van der Waals surface area contributed by atoms with Crippen molar-refractivity contribution in [1.82, 2.24) is 15.5 Å². The second-order valence-corrected chi connectivity index (χ2v) is 8.69. The van der Waals surface area contributed by atoms with E-state index in [0.29, 0.717) is 24.6 Å². The molecule has 2 aromatic heterocycles. The molecule has 3 rings (SSSR count). The lowest BCUT2D eigenvalue weighted by Gasteiger charge is -2.32. The van der Waals surface area contributed by atoms with Crippen LogP contribution in [0.1, 0.15) is 74.7 Å². The van der Waals surface area contributed by atoms with Crippen molar-refractivity contribution in [2.24, 2.45) is 5.92 Å². The Morgan fingerprint density at radius 1 is 1.06 bits per heavy atom. The van der Waals surface area contributed by atoms with Crippen LogP contribution in [0.15, 0.2) is 45.6 Å². The number of nitrogens with zero attached hydrogens (tertiary/aromatic N) is 1. The summed E-state index contributed by atoms with van der Waals surface area (Å²) in [6.45, 7) is 4.25. The fraction of sp³-hybridized carbons (Fsp3) is 0.542. The molecule has 0 radical (unpaired) electrons. The van der Waals surface area contributed by atoms with Gasteiger partial charge in [-0.1, -0.05) is 33.1 Å². The van der Waals surface area contributed by atoms with Crippen LogP contribution in [0.25, 0.3) is 0 Å². The van der Waals surface area contributed by atoms with Crippen LogP contribution in [0.3, 0.4) is 0 Å². The molecule has 1 atom stereocenters. The Morgan fingerprint density at radius 2 is 1.78 bits per heavy atom. The van der Waals surface area contributed by atoms with E-state index in [4.69, 9.17) is 8.83 Å². The van der Waals surface area contributed by atoms with Crippen molar-refractivity contribution in [2.75, 3.05) is 13.1 Å². The second kappa shape index (κ2) is 11.5. The van der Waals surface area contributed by atoms with E-state index >= 15 is 0 Å². The maximum atomic E-state index is 13.4. The SMILES string of the molecule is CC(C)CCN(C(=O)CNC(=O)c1ccco1)[C@@H](C(=O)NC1CCCCC1)c1ccco1. The molecular weight excluding hydrogens is 410 g/mol. The molecule has 0 bridgehead atoms. The molecule has 2 N–H and O–H groups in total. The molecule has 2 heterocycles. The summed E-state index contributed by atoms with van der Waals surface area (Å²) in [6.07, 6.45) is 8.85. The van der Waals surface area contributed by atoms with E-state index in [1.807, 2.05) is 0 Å². The van der Waals surface area contributed by atoms with Crippen molar-refractivity contribution in [3.05, 3.63) is 48.3 Å². The largest absolute Gasteiger partial charge is 0.467 e. The minimum Gasteiger partial charge on any atom is -0.467 e. The van der Waals surface area contributed by atoms with Gasteiger partial charge in [-0.2, -0.15) is 0 Å². The van der Waals surface area contributed by atoms with Crippen LogP contribution >= 0.6 is 0 Å². The zero-order valence-corrected chi connectivity index (χ0v) is 18.8. The van der Waals surface area contributed by atoms with Gasteiger partial charge in [0.05, 0.1) is 19.1 Å². The highest BCUT2D eigenvalue weighted by Gasteiger charge is 2.34. The third-order valence-corrected chi connectivity index (χ3v) is 5.74. The van der Waals surface area contributed by atoms with Gasteiger partial charge in [0, 0.05) is 12.6 Å². The number of carbonyl (C=O) groups is 3. The number of rotatable bonds is 10. The number of nitrogens with one attached hydrogen (secondary N) is 2. The zero-order chi connectivity index (χ0) is 22.9. The summed E-state index contributed by atoms with van der Waals surface area (Å²) < 4.78 is 10.7. The minimum absolute atomic E-state index is 0.106. The van der Waals surface area contributed by atoms with Crippen molar-refractivity contribution < 1.29 is 23.2 Å². The summed E-state index contributed by atoms with van der Waals surface area (Å²) in [5, 5.41) is 5.71. The third kappa shape index (κ3) is 6.48. The molecule has 1 aliphatic rings. The maximum absolute atomic E-state index is 13.4. The van der Waals surface area contributed by atoms with E-state index in [0.717, 1.165) is 25.7 Å². The lowest BCUT2D eigenvalue weighted by atomic mass is 9.95. The summed E-state index contributed by atoms with van der Waals surface area (Å²) in [4.78, 5) is 40.3. The highest BCUT2D eigenvalue weighted by Crippen LogP contribution is 2.25. The molecule has 0 saturated heterocycles. The van der Waals surface area contributed by atoms with E-state index in [1.165, 1.54) is 29.9 Å². The van der Waals surface area contributed by atoms with E-state index in [9.17, 15) is 14.4 Å². The number of hydrogen-bond acceptors (Lipinski definition) is 5. The summed E-state index contributed by atoms with van der Waals surface area (Å²) in [5.74, 6) is -0.209. The molecule has 32 heavy (non-hydrogen) atoms. The monoisotopic (exact) mass is 443 g/mol. The number of hydrogen-bond donors (Lipinski definition) is 2. The number of carbonyl (C=O) groups excluding carboxylic acids is 3. The molecule has 1 fully saturated rings. The van der Waals surface area contributed by atoms with Gasteiger partial charge >= 0.3 is 0 Å². The zero-order valence-electron chi connectivity index (χ0n) is 18.8. The van der Waals surface area contributed by atoms with Gasteiger partial charge in [0.1, 0.15) is 5.76 Å². The Bertz CT molecular complexity index is 854. The second-order valence-electron chi connectivity index (χ2n) is 8.69. The number of amides is 3. The van der Waals surface area contributed by atoms with Crippen LogP contribution in [0.4, 0.5) is 0 Å². The molecule has 2 aromatic rings. The molecule has 3 amide bonds. The van der Waals surface area contributed by atoms with Crippen LogP contribution in [0, 0.1) is 5.92 Å². The van der Waals surface area contributed by atoms with Gasteiger partial charge in [-0.05, 0) is 49.4 Å². The topological polar surface area (TPSA) is 105 Å². The molecule has 0 aromatic carbocycles. The van der Waals surface area contributed by atoms with Gasteiger partial charge in [0.15, 0.2) is 11.8 Å². The van der Waals surface area contributed by atoms with Crippen molar-refractivity contribution >= 4 is 17.7 Å². The molecule has 1 saturated carbocycles. The quantitative estimate of drug-likeness (QED) is 0.583. The van der Waals surface area contributed by atoms with Gasteiger partial charge in [0.2, 0.25) is 5.91 Å². The first-order chi connectivity index (χ1) is 15.5. The Labute approximate surface area is 188 Å². The Balaban J connectivity index is 1.76. The van der Waals surface area contributed by atoms with Crippen LogP contribution in [0.5, 0.6) is 0 Å². The van der Waals surface area contributed by atoms with E-state index in [2.05, 4.69) is 24.5 Å². The first kappa shape index (κ1) is 23.6. The Kier molecular flexibility index (Phi) is 8.53. The summed E-state index contributed by atoms with van der Waals surface area (Å²) in [6, 6.07) is 5.77.